The number of hydrogen-bond donors (Lipinski definition) is 2. The van der Waals surface area contributed by atoms with E-state index in [0.29, 0.717) is 17.9 Å². The zero-order valence-electron chi connectivity index (χ0n) is 15.0. The molecule has 0 saturated heterocycles. The Morgan fingerprint density at radius 2 is 2.00 bits per heavy atom. The summed E-state index contributed by atoms with van der Waals surface area (Å²) >= 11 is 3.43. The predicted octanol–water partition coefficient (Wildman–Crippen LogP) is 4.33. The number of amides is 1. The number of anilines is 2. The van der Waals surface area contributed by atoms with E-state index in [0.717, 1.165) is 15.7 Å². The van der Waals surface area contributed by atoms with Crippen molar-refractivity contribution in [3.05, 3.63) is 52.5 Å². The fourth-order valence-electron chi connectivity index (χ4n) is 2.91. The van der Waals surface area contributed by atoms with Crippen LogP contribution in [0.15, 0.2) is 56.2 Å². The van der Waals surface area contributed by atoms with Crippen LogP contribution in [0.25, 0.3) is 0 Å². The SMILES string of the molecule is Cc1cc(NC(=O)C[C@H](C)CC2=NS(=O)(=O)c3ccccc3N2)ccc1Br. The van der Waals surface area contributed by atoms with Crippen LogP contribution in [-0.2, 0) is 14.8 Å². The number of carbonyl (C=O) groups excluding carboxylic acids is 1. The summed E-state index contributed by atoms with van der Waals surface area (Å²) in [5, 5.41) is 5.93. The number of carbonyl (C=O) groups is 1. The van der Waals surface area contributed by atoms with Crippen LogP contribution in [0.5, 0.6) is 0 Å². The highest BCUT2D eigenvalue weighted by molar-refractivity contribution is 9.10. The largest absolute Gasteiger partial charge is 0.342 e. The van der Waals surface area contributed by atoms with Crippen LogP contribution in [0.1, 0.15) is 25.3 Å². The quantitative estimate of drug-likeness (QED) is 0.710. The van der Waals surface area contributed by atoms with Crippen molar-refractivity contribution in [2.45, 2.75) is 31.6 Å². The first kappa shape index (κ1) is 19.6. The van der Waals surface area contributed by atoms with E-state index in [-0.39, 0.29) is 23.1 Å². The number of halogens is 1. The lowest BCUT2D eigenvalue weighted by Gasteiger charge is -2.20. The molecule has 0 aliphatic carbocycles. The van der Waals surface area contributed by atoms with E-state index in [1.807, 2.05) is 32.0 Å². The van der Waals surface area contributed by atoms with Gasteiger partial charge in [0.25, 0.3) is 10.0 Å². The van der Waals surface area contributed by atoms with Crippen LogP contribution in [0, 0.1) is 12.8 Å². The molecular formula is C19H20BrN3O3S. The molecule has 0 radical (unpaired) electrons. The molecule has 1 aliphatic rings. The molecule has 2 aromatic carbocycles. The van der Waals surface area contributed by atoms with Crippen molar-refractivity contribution >= 4 is 49.1 Å². The third kappa shape index (κ3) is 4.75. The van der Waals surface area contributed by atoms with Gasteiger partial charge in [-0.05, 0) is 48.7 Å². The molecular weight excluding hydrogens is 430 g/mol. The summed E-state index contributed by atoms with van der Waals surface area (Å²) in [6.45, 7) is 3.84. The van der Waals surface area contributed by atoms with Gasteiger partial charge in [-0.15, -0.1) is 4.40 Å². The number of fused-ring (bicyclic) bond motifs is 1. The van der Waals surface area contributed by atoms with Gasteiger partial charge in [0.05, 0.1) is 5.69 Å². The number of hydrogen-bond acceptors (Lipinski definition) is 4. The van der Waals surface area contributed by atoms with Crippen molar-refractivity contribution in [3.63, 3.8) is 0 Å². The smallest absolute Gasteiger partial charge is 0.286 e. The zero-order chi connectivity index (χ0) is 19.6. The highest BCUT2D eigenvalue weighted by Gasteiger charge is 2.25. The standard InChI is InChI=1S/C19H20BrN3O3S/c1-12(10-19(24)21-14-7-8-15(20)13(2)11-14)9-18-22-16-5-3-4-6-17(16)27(25,26)23-18/h3-8,11-12H,9-10H2,1-2H3,(H,21,24)(H,22,23)/t12-/m1/s1. The Kier molecular flexibility index (Phi) is 5.67. The van der Waals surface area contributed by atoms with Gasteiger partial charge < -0.3 is 10.6 Å². The topological polar surface area (TPSA) is 87.6 Å². The van der Waals surface area contributed by atoms with Gasteiger partial charge >= 0.3 is 0 Å². The summed E-state index contributed by atoms with van der Waals surface area (Å²) in [7, 11) is -3.70. The summed E-state index contributed by atoms with van der Waals surface area (Å²) in [6.07, 6.45) is 0.623. The lowest BCUT2D eigenvalue weighted by atomic mass is 10.0. The summed E-state index contributed by atoms with van der Waals surface area (Å²) in [6, 6.07) is 12.3. The summed E-state index contributed by atoms with van der Waals surface area (Å²) < 4.78 is 29.4. The first-order valence-electron chi connectivity index (χ1n) is 8.50. The average Bonchev–Trinajstić information content (AvgIpc) is 2.57. The van der Waals surface area contributed by atoms with Gasteiger partial charge in [0, 0.05) is 23.0 Å². The van der Waals surface area contributed by atoms with Gasteiger partial charge in [0.15, 0.2) is 0 Å². The van der Waals surface area contributed by atoms with Crippen LogP contribution in [-0.4, -0.2) is 20.2 Å². The predicted molar refractivity (Wildman–Crippen MR) is 111 cm³/mol. The van der Waals surface area contributed by atoms with E-state index in [1.165, 1.54) is 6.07 Å². The molecule has 0 spiro atoms. The lowest BCUT2D eigenvalue weighted by molar-refractivity contribution is -0.116. The highest BCUT2D eigenvalue weighted by Crippen LogP contribution is 2.28. The molecule has 6 nitrogen and oxygen atoms in total. The second kappa shape index (κ2) is 7.82. The van der Waals surface area contributed by atoms with E-state index in [2.05, 4.69) is 31.0 Å². The minimum Gasteiger partial charge on any atom is -0.342 e. The molecule has 0 bridgehead atoms. The zero-order valence-corrected chi connectivity index (χ0v) is 17.4. The van der Waals surface area contributed by atoms with Crippen molar-refractivity contribution in [2.75, 3.05) is 10.6 Å². The molecule has 0 aromatic heterocycles. The van der Waals surface area contributed by atoms with E-state index in [1.54, 1.807) is 18.2 Å². The lowest BCUT2D eigenvalue weighted by Crippen LogP contribution is -2.25. The molecule has 27 heavy (non-hydrogen) atoms. The maximum Gasteiger partial charge on any atom is 0.286 e. The molecule has 142 valence electrons. The van der Waals surface area contributed by atoms with Crippen LogP contribution < -0.4 is 10.6 Å². The van der Waals surface area contributed by atoms with E-state index in [9.17, 15) is 13.2 Å². The Labute approximate surface area is 167 Å². The summed E-state index contributed by atoms with van der Waals surface area (Å²) in [5.74, 6) is 0.158. The monoisotopic (exact) mass is 449 g/mol. The molecule has 2 aromatic rings. The maximum absolute atomic E-state index is 12.3. The number of nitrogens with zero attached hydrogens (tertiary/aromatic N) is 1. The van der Waals surface area contributed by atoms with Crippen molar-refractivity contribution in [1.29, 1.82) is 0 Å². The second-order valence-electron chi connectivity index (χ2n) is 6.66. The number of rotatable bonds is 5. The Morgan fingerprint density at radius 3 is 2.74 bits per heavy atom. The van der Waals surface area contributed by atoms with Crippen molar-refractivity contribution in [2.24, 2.45) is 10.3 Å². The minimum absolute atomic E-state index is 0.0757. The highest BCUT2D eigenvalue weighted by atomic mass is 79.9. The molecule has 3 rings (SSSR count). The Bertz CT molecular complexity index is 1020. The van der Waals surface area contributed by atoms with Gasteiger partial charge in [-0.2, -0.15) is 8.42 Å². The number of aryl methyl sites for hydroxylation is 1. The molecule has 0 fully saturated rings. The second-order valence-corrected chi connectivity index (χ2v) is 9.09. The molecule has 8 heteroatoms. The number of amidine groups is 1. The fourth-order valence-corrected chi connectivity index (χ4v) is 4.31. The van der Waals surface area contributed by atoms with Gasteiger partial charge in [-0.1, -0.05) is 35.0 Å². The number of nitrogens with one attached hydrogen (secondary N) is 2. The molecule has 0 saturated carbocycles. The van der Waals surface area contributed by atoms with E-state index >= 15 is 0 Å². The molecule has 1 amide bonds. The first-order chi connectivity index (χ1) is 12.7. The third-order valence-electron chi connectivity index (χ3n) is 4.19. The van der Waals surface area contributed by atoms with E-state index < -0.39 is 10.0 Å². The first-order valence-corrected chi connectivity index (χ1v) is 10.7. The third-order valence-corrected chi connectivity index (χ3v) is 6.45. The Hall–Kier alpha value is -2.19. The van der Waals surface area contributed by atoms with Gasteiger partial charge in [0.2, 0.25) is 5.91 Å². The number of para-hydroxylation sites is 1. The molecule has 0 unspecified atom stereocenters. The van der Waals surface area contributed by atoms with Gasteiger partial charge in [0.1, 0.15) is 10.7 Å². The average molecular weight is 450 g/mol. The molecule has 1 aliphatic heterocycles. The molecule has 2 N–H and O–H groups in total. The van der Waals surface area contributed by atoms with Gasteiger partial charge in [-0.3, -0.25) is 4.79 Å². The fraction of sp³-hybridized carbons (Fsp3) is 0.263. The van der Waals surface area contributed by atoms with Crippen LogP contribution in [0.4, 0.5) is 11.4 Å². The van der Waals surface area contributed by atoms with Crippen molar-refractivity contribution in [3.8, 4) is 0 Å². The van der Waals surface area contributed by atoms with Crippen LogP contribution in [0.2, 0.25) is 0 Å². The number of sulfonamides is 1. The van der Waals surface area contributed by atoms with Crippen LogP contribution in [0.3, 0.4) is 0 Å². The van der Waals surface area contributed by atoms with Crippen molar-refractivity contribution in [1.82, 2.24) is 0 Å². The summed E-state index contributed by atoms with van der Waals surface area (Å²) in [5.41, 5.74) is 2.28. The Balaban J connectivity index is 1.62. The maximum atomic E-state index is 12.3. The number of benzene rings is 2. The molecule has 1 heterocycles. The van der Waals surface area contributed by atoms with Crippen LogP contribution >= 0.6 is 15.9 Å². The van der Waals surface area contributed by atoms with Gasteiger partial charge in [-0.25, -0.2) is 0 Å². The minimum atomic E-state index is -3.70. The van der Waals surface area contributed by atoms with Crippen molar-refractivity contribution < 1.29 is 13.2 Å². The summed E-state index contributed by atoms with van der Waals surface area (Å²) in [4.78, 5) is 12.5. The van der Waals surface area contributed by atoms with E-state index in [4.69, 9.17) is 0 Å². The normalized spacial score (nSPS) is 15.9. The Morgan fingerprint density at radius 1 is 1.26 bits per heavy atom. The molecule has 1 atom stereocenters.